The van der Waals surface area contributed by atoms with Crippen molar-refractivity contribution in [1.29, 1.82) is 0 Å². The van der Waals surface area contributed by atoms with Gasteiger partial charge in [0.2, 0.25) is 0 Å². The summed E-state index contributed by atoms with van der Waals surface area (Å²) < 4.78 is 0. The first-order valence-electron chi connectivity index (χ1n) is 7.99. The fourth-order valence-corrected chi connectivity index (χ4v) is 2.29. The highest BCUT2D eigenvalue weighted by atomic mass is 24.3. The maximum atomic E-state index is 9.81. The predicted octanol–water partition coefficient (Wildman–Crippen LogP) is 4.54. The molecule has 0 bridgehead atoms. The lowest BCUT2D eigenvalue weighted by Gasteiger charge is -2.10. The zero-order valence-electron chi connectivity index (χ0n) is 12.2. The summed E-state index contributed by atoms with van der Waals surface area (Å²) in [7, 11) is 0. The fourth-order valence-electron chi connectivity index (χ4n) is 2.29. The third kappa shape index (κ3) is 16.7. The molecular weight excluding hydrogens is 232 g/mol. The molecule has 1 nitrogen and oxygen atoms in total. The molecule has 0 aliphatic rings. The van der Waals surface area contributed by atoms with E-state index in [1.807, 2.05) is 0 Å². The Morgan fingerprint density at radius 2 is 0.944 bits per heavy atom. The Kier molecular flexibility index (Phi) is 20.7. The van der Waals surface area contributed by atoms with E-state index in [2.05, 4.69) is 13.8 Å². The third-order valence-electron chi connectivity index (χ3n) is 3.53. The molecule has 0 aromatic heterocycles. The zero-order chi connectivity index (χ0) is 12.8. The van der Waals surface area contributed by atoms with E-state index in [1.165, 1.54) is 70.6 Å². The van der Waals surface area contributed by atoms with Crippen LogP contribution < -0.4 is 0 Å². The summed E-state index contributed by atoms with van der Waals surface area (Å²) in [4.78, 5) is 0. The van der Waals surface area contributed by atoms with Gasteiger partial charge < -0.3 is 5.11 Å². The molecular formula is C16H36MgO. The van der Waals surface area contributed by atoms with Crippen LogP contribution in [0, 0.1) is 0 Å². The zero-order valence-corrected chi connectivity index (χ0v) is 12.2. The molecule has 108 valence electrons. The van der Waals surface area contributed by atoms with E-state index in [0.717, 1.165) is 12.8 Å². The Balaban J connectivity index is 0. The molecule has 2 heteroatoms. The van der Waals surface area contributed by atoms with E-state index in [9.17, 15) is 5.11 Å². The van der Waals surface area contributed by atoms with Crippen LogP contribution in [-0.4, -0.2) is 34.3 Å². The quantitative estimate of drug-likeness (QED) is 0.384. The lowest BCUT2D eigenvalue weighted by atomic mass is 10.0. The summed E-state index contributed by atoms with van der Waals surface area (Å²) in [5.74, 6) is 0. The summed E-state index contributed by atoms with van der Waals surface area (Å²) in [6.07, 6.45) is 16.5. The highest BCUT2D eigenvalue weighted by molar-refractivity contribution is 5.75. The Morgan fingerprint density at radius 1 is 0.611 bits per heavy atom. The smallest absolute Gasteiger partial charge is 0.316 e. The largest absolute Gasteiger partial charge is 0.393 e. The van der Waals surface area contributed by atoms with Gasteiger partial charge in [-0.15, -0.1) is 0 Å². The Bertz CT molecular complexity index is 139. The van der Waals surface area contributed by atoms with Crippen molar-refractivity contribution in [3.05, 3.63) is 0 Å². The van der Waals surface area contributed by atoms with E-state index >= 15 is 0 Å². The van der Waals surface area contributed by atoms with Crippen molar-refractivity contribution in [3.8, 4) is 0 Å². The first-order chi connectivity index (χ1) is 8.31. The minimum absolute atomic E-state index is 0. The number of rotatable bonds is 13. The molecule has 0 aromatic rings. The van der Waals surface area contributed by atoms with Crippen molar-refractivity contribution in [3.63, 3.8) is 0 Å². The van der Waals surface area contributed by atoms with Gasteiger partial charge in [0, 0.05) is 0 Å². The minimum Gasteiger partial charge on any atom is -0.393 e. The van der Waals surface area contributed by atoms with Crippen LogP contribution in [0.25, 0.3) is 0 Å². The van der Waals surface area contributed by atoms with Crippen molar-refractivity contribution in [2.45, 2.75) is 103 Å². The average molecular weight is 269 g/mol. The van der Waals surface area contributed by atoms with E-state index in [4.69, 9.17) is 0 Å². The van der Waals surface area contributed by atoms with Gasteiger partial charge in [-0.1, -0.05) is 84.5 Å². The summed E-state index contributed by atoms with van der Waals surface area (Å²) in [5.41, 5.74) is 0. The molecule has 0 aliphatic heterocycles. The van der Waals surface area contributed by atoms with E-state index in [-0.39, 0.29) is 29.2 Å². The molecule has 1 N–H and O–H groups in total. The van der Waals surface area contributed by atoms with Crippen LogP contribution in [-0.2, 0) is 0 Å². The van der Waals surface area contributed by atoms with Crippen LogP contribution in [0.15, 0.2) is 0 Å². The molecule has 0 heterocycles. The van der Waals surface area contributed by atoms with Crippen LogP contribution in [0.2, 0.25) is 0 Å². The third-order valence-corrected chi connectivity index (χ3v) is 3.53. The SMILES string of the molecule is CCCCCCCCC(O)CCCCCCC.[MgH2]. The van der Waals surface area contributed by atoms with Crippen LogP contribution in [0.5, 0.6) is 0 Å². The molecule has 0 spiro atoms. The van der Waals surface area contributed by atoms with Crippen molar-refractivity contribution in [2.75, 3.05) is 0 Å². The number of unbranched alkanes of at least 4 members (excludes halogenated alkanes) is 9. The molecule has 0 radical (unpaired) electrons. The minimum atomic E-state index is -0.0252. The highest BCUT2D eigenvalue weighted by Crippen LogP contribution is 2.13. The molecule has 0 fully saturated rings. The topological polar surface area (TPSA) is 20.2 Å². The Morgan fingerprint density at radius 3 is 1.33 bits per heavy atom. The number of hydrogen-bond donors (Lipinski definition) is 1. The van der Waals surface area contributed by atoms with Crippen LogP contribution >= 0.6 is 0 Å². The van der Waals surface area contributed by atoms with Crippen molar-refractivity contribution in [2.24, 2.45) is 0 Å². The highest BCUT2D eigenvalue weighted by Gasteiger charge is 2.03. The molecule has 0 rings (SSSR count). The molecule has 1 unspecified atom stereocenters. The number of hydrogen-bond acceptors (Lipinski definition) is 1. The molecule has 1 atom stereocenters. The maximum absolute atomic E-state index is 9.81. The first-order valence-corrected chi connectivity index (χ1v) is 7.99. The second kappa shape index (κ2) is 17.7. The monoisotopic (exact) mass is 268 g/mol. The Hall–Kier alpha value is 0.726. The van der Waals surface area contributed by atoms with Gasteiger partial charge in [0.05, 0.1) is 6.10 Å². The number of aliphatic hydroxyl groups excluding tert-OH is 1. The molecule has 0 aromatic carbocycles. The Labute approximate surface area is 131 Å². The van der Waals surface area contributed by atoms with Gasteiger partial charge in [0.15, 0.2) is 0 Å². The van der Waals surface area contributed by atoms with E-state index < -0.39 is 0 Å². The van der Waals surface area contributed by atoms with Crippen molar-refractivity contribution >= 4 is 23.1 Å². The summed E-state index contributed by atoms with van der Waals surface area (Å²) in [5, 5.41) is 9.81. The molecule has 0 aliphatic carbocycles. The van der Waals surface area contributed by atoms with Gasteiger partial charge >= 0.3 is 23.1 Å². The maximum Gasteiger partial charge on any atom is 0.316 e. The molecule has 0 saturated carbocycles. The second-order valence-electron chi connectivity index (χ2n) is 5.41. The van der Waals surface area contributed by atoms with Crippen molar-refractivity contribution in [1.82, 2.24) is 0 Å². The second-order valence-corrected chi connectivity index (χ2v) is 5.41. The van der Waals surface area contributed by atoms with Crippen LogP contribution in [0.1, 0.15) is 97.3 Å². The summed E-state index contributed by atoms with van der Waals surface area (Å²) in [6.45, 7) is 4.50. The lowest BCUT2D eigenvalue weighted by Crippen LogP contribution is -2.05. The van der Waals surface area contributed by atoms with Gasteiger partial charge in [-0.05, 0) is 12.8 Å². The molecule has 18 heavy (non-hydrogen) atoms. The van der Waals surface area contributed by atoms with Gasteiger partial charge in [-0.25, -0.2) is 0 Å². The molecule has 0 saturated heterocycles. The molecule has 0 amide bonds. The first kappa shape index (κ1) is 21.0. The van der Waals surface area contributed by atoms with Crippen LogP contribution in [0.4, 0.5) is 0 Å². The normalized spacial score (nSPS) is 12.2. The van der Waals surface area contributed by atoms with Gasteiger partial charge in [-0.3, -0.25) is 0 Å². The van der Waals surface area contributed by atoms with Crippen LogP contribution in [0.3, 0.4) is 0 Å². The van der Waals surface area contributed by atoms with E-state index in [0.29, 0.717) is 0 Å². The summed E-state index contributed by atoms with van der Waals surface area (Å²) >= 11 is 0. The van der Waals surface area contributed by atoms with E-state index in [1.54, 1.807) is 0 Å². The number of aliphatic hydroxyl groups is 1. The van der Waals surface area contributed by atoms with Gasteiger partial charge in [0.1, 0.15) is 0 Å². The fraction of sp³-hybridized carbons (Fsp3) is 1.00. The average Bonchev–Trinajstić information content (AvgIpc) is 2.33. The summed E-state index contributed by atoms with van der Waals surface area (Å²) in [6, 6.07) is 0. The lowest BCUT2D eigenvalue weighted by molar-refractivity contribution is 0.147. The standard InChI is InChI=1S/C16H34O.Mg.2H/c1-3-5-7-9-11-13-15-16(17)14-12-10-8-6-4-2;;;/h16-17H,3-15H2,1-2H3;;;. The van der Waals surface area contributed by atoms with Crippen molar-refractivity contribution < 1.29 is 5.11 Å². The van der Waals surface area contributed by atoms with Gasteiger partial charge in [-0.2, -0.15) is 0 Å². The van der Waals surface area contributed by atoms with Gasteiger partial charge in [0.25, 0.3) is 0 Å². The predicted molar refractivity (Wildman–Crippen MR) is 85.9 cm³/mol.